The Bertz CT molecular complexity index is 2210. The first kappa shape index (κ1) is 41.0. The highest BCUT2D eigenvalue weighted by Gasteiger charge is 2.75. The van der Waals surface area contributed by atoms with Gasteiger partial charge in [0.15, 0.2) is 0 Å². The summed E-state index contributed by atoms with van der Waals surface area (Å²) in [7, 11) is 1.62. The normalized spacial score (nSPS) is 45.6. The van der Waals surface area contributed by atoms with Gasteiger partial charge in [0.1, 0.15) is 0 Å². The molecule has 63 heavy (non-hydrogen) atoms. The molecule has 13 rings (SSSR count). The van der Waals surface area contributed by atoms with E-state index in [-0.39, 0.29) is 95.1 Å². The second-order valence-corrected chi connectivity index (χ2v) is 22.7. The summed E-state index contributed by atoms with van der Waals surface area (Å²) >= 11 is 0. The van der Waals surface area contributed by atoms with E-state index in [1.165, 1.54) is 26.5 Å². The number of fused-ring (bicyclic) bond motifs is 6. The monoisotopic (exact) mass is 858 g/mol. The molecule has 18 unspecified atom stereocenters. The number of benzene rings is 2. The third-order valence-electron chi connectivity index (χ3n) is 20.0. The van der Waals surface area contributed by atoms with E-state index in [4.69, 9.17) is 18.9 Å². The summed E-state index contributed by atoms with van der Waals surface area (Å²) in [4.78, 5) is 57.9. The number of hydrogen-bond donors (Lipinski definition) is 0. The molecule has 0 aromatic heterocycles. The summed E-state index contributed by atoms with van der Waals surface area (Å²) in [6.07, 6.45) is 4.60. The van der Waals surface area contributed by atoms with Crippen molar-refractivity contribution in [2.45, 2.75) is 166 Å². The van der Waals surface area contributed by atoms with Crippen LogP contribution < -0.4 is 4.90 Å². The molecule has 18 atom stereocenters. The molecule has 0 spiro atoms. The zero-order valence-corrected chi connectivity index (χ0v) is 38.6. The van der Waals surface area contributed by atoms with E-state index < -0.39 is 11.8 Å². The third-order valence-corrected chi connectivity index (χ3v) is 20.0. The van der Waals surface area contributed by atoms with Crippen molar-refractivity contribution in [3.8, 4) is 0 Å². The Morgan fingerprint density at radius 1 is 0.492 bits per heavy atom. The average molecular weight is 859 g/mol. The van der Waals surface area contributed by atoms with Gasteiger partial charge >= 0.3 is 0 Å². The molecule has 4 heterocycles. The maximum atomic E-state index is 14.4. The number of ether oxygens (including phenoxy) is 4. The molecule has 2 aromatic rings. The van der Waals surface area contributed by atoms with Gasteiger partial charge in [-0.05, 0) is 148 Å². The third kappa shape index (κ3) is 5.11. The minimum Gasteiger partial charge on any atom is -0.370 e. The highest BCUT2D eigenvalue weighted by atomic mass is 16.6. The number of rotatable bonds is 3. The Hall–Kier alpha value is -3.44. The van der Waals surface area contributed by atoms with Crippen LogP contribution >= 0.6 is 0 Å². The van der Waals surface area contributed by atoms with Crippen LogP contribution in [0.1, 0.15) is 112 Å². The summed E-state index contributed by atoms with van der Waals surface area (Å²) in [5, 5.41) is 0. The lowest BCUT2D eigenvalue weighted by atomic mass is 9.29. The fraction of sp³-hybridized carbons (Fsp3) is 0.698. The lowest BCUT2D eigenvalue weighted by Gasteiger charge is -2.76. The first-order valence-corrected chi connectivity index (χ1v) is 24.6. The average Bonchev–Trinajstić information content (AvgIpc) is 3.61. The molecule has 5 saturated carbocycles. The Balaban J connectivity index is 0.879. The van der Waals surface area contributed by atoms with Crippen molar-refractivity contribution in [3.05, 3.63) is 63.7 Å². The van der Waals surface area contributed by atoms with Crippen LogP contribution in [-0.2, 0) is 49.0 Å². The van der Waals surface area contributed by atoms with E-state index in [0.29, 0.717) is 61.2 Å². The van der Waals surface area contributed by atoms with Crippen molar-refractivity contribution < 1.29 is 38.1 Å². The van der Waals surface area contributed by atoms with Crippen molar-refractivity contribution in [2.24, 2.45) is 59.2 Å². The predicted molar refractivity (Wildman–Crippen MR) is 235 cm³/mol. The number of nitrogens with zero attached hydrogens (tertiary/aromatic N) is 2. The van der Waals surface area contributed by atoms with E-state index in [2.05, 4.69) is 71.9 Å². The van der Waals surface area contributed by atoms with Crippen molar-refractivity contribution in [2.75, 3.05) is 11.9 Å². The van der Waals surface area contributed by atoms with Crippen LogP contribution in [0.3, 0.4) is 0 Å². The zero-order valence-electron chi connectivity index (χ0n) is 38.6. The number of imide groups is 2. The van der Waals surface area contributed by atoms with Gasteiger partial charge < -0.3 is 18.9 Å². The standard InChI is InChI=1S/C53H66N2O8/c1-23(2)52-33-12-10-11-13-34(33)53(24(3)4,36-20-44-43(19-35(36)52)60-39-15-29-30(16-40(39)61-44)49(57)54(9)48(29)56)38-22-46-45(21-37(38)52)62-41-17-31-32(18-42(41)63-46)51(59)55(50(31)58)47-26(6)14-25(5)27(7)28(47)8/h10-14,23-24,29-32,35-46H,15-22H2,1-9H3. The van der Waals surface area contributed by atoms with Crippen molar-refractivity contribution in [3.63, 3.8) is 0 Å². The van der Waals surface area contributed by atoms with Gasteiger partial charge in [-0.3, -0.25) is 24.1 Å². The van der Waals surface area contributed by atoms with Crippen molar-refractivity contribution in [1.29, 1.82) is 0 Å². The number of carbonyl (C=O) groups is 4. The van der Waals surface area contributed by atoms with Crippen LogP contribution in [0.5, 0.6) is 0 Å². The van der Waals surface area contributed by atoms with Gasteiger partial charge in [0.2, 0.25) is 23.6 Å². The Morgan fingerprint density at radius 3 is 1.17 bits per heavy atom. The maximum absolute atomic E-state index is 14.4. The Kier molecular flexibility index (Phi) is 8.99. The molecule has 0 radical (unpaired) electrons. The predicted octanol–water partition coefficient (Wildman–Crippen LogP) is 7.45. The molecule has 2 bridgehead atoms. The Labute approximate surface area is 372 Å². The number of hydrogen-bond acceptors (Lipinski definition) is 8. The fourth-order valence-corrected chi connectivity index (χ4v) is 17.6. The summed E-state index contributed by atoms with van der Waals surface area (Å²) in [6.45, 7) is 18.0. The molecule has 0 N–H and O–H groups in total. The molecule has 11 aliphatic rings. The van der Waals surface area contributed by atoms with Crippen LogP contribution in [0.15, 0.2) is 30.3 Å². The molecule has 4 saturated heterocycles. The SMILES string of the molecule is Cc1cc(C)c(N2C(=O)C3CC4OC5CC6C(CC5OC4CC3C2=O)C2(C(C)C)c3ccccc3C6(C(C)C)C3CC4OC5CC6C(=O)N(C)C(=O)C6CC5OC4CC32)c(C)c1C. The number of aryl methyl sites for hydroxylation is 2. The number of amides is 4. The van der Waals surface area contributed by atoms with E-state index in [9.17, 15) is 19.2 Å². The smallest absolute Gasteiger partial charge is 0.237 e. The number of likely N-dealkylation sites (tertiary alicyclic amines) is 1. The van der Waals surface area contributed by atoms with Gasteiger partial charge in [0.05, 0.1) is 78.2 Å². The lowest BCUT2D eigenvalue weighted by molar-refractivity contribution is -0.298. The van der Waals surface area contributed by atoms with Crippen LogP contribution in [0.25, 0.3) is 0 Å². The second kappa shape index (κ2) is 13.8. The molecule has 9 fully saturated rings. The topological polar surface area (TPSA) is 112 Å². The highest BCUT2D eigenvalue weighted by Crippen LogP contribution is 2.76. The van der Waals surface area contributed by atoms with Crippen molar-refractivity contribution in [1.82, 2.24) is 4.90 Å². The van der Waals surface area contributed by atoms with Crippen LogP contribution in [0.4, 0.5) is 5.69 Å². The second-order valence-electron chi connectivity index (χ2n) is 22.7. The molecule has 4 aliphatic heterocycles. The summed E-state index contributed by atoms with van der Waals surface area (Å²) in [6, 6.07) is 11.5. The highest BCUT2D eigenvalue weighted by molar-refractivity contribution is 6.23. The minimum absolute atomic E-state index is 0.0667. The Morgan fingerprint density at radius 2 is 0.825 bits per heavy atom. The minimum atomic E-state index is -0.407. The largest absolute Gasteiger partial charge is 0.370 e. The summed E-state index contributed by atoms with van der Waals surface area (Å²) < 4.78 is 28.9. The molecule has 4 amide bonds. The summed E-state index contributed by atoms with van der Waals surface area (Å²) in [5.41, 5.74) is 7.79. The maximum Gasteiger partial charge on any atom is 0.237 e. The van der Waals surface area contributed by atoms with Crippen LogP contribution in [0, 0.1) is 86.9 Å². The van der Waals surface area contributed by atoms with E-state index in [1.807, 2.05) is 13.8 Å². The van der Waals surface area contributed by atoms with Crippen LogP contribution in [0.2, 0.25) is 0 Å². The zero-order chi connectivity index (χ0) is 43.9. The molecular weight excluding hydrogens is 793 g/mol. The quantitative estimate of drug-likeness (QED) is 0.293. The summed E-state index contributed by atoms with van der Waals surface area (Å²) in [5.74, 6) is 0.385. The van der Waals surface area contributed by atoms with Crippen LogP contribution in [-0.4, -0.2) is 84.4 Å². The van der Waals surface area contributed by atoms with Gasteiger partial charge in [0.25, 0.3) is 0 Å². The first-order valence-electron chi connectivity index (χ1n) is 24.6. The molecule has 10 heteroatoms. The number of carbonyl (C=O) groups excluding carboxylic acids is 4. The van der Waals surface area contributed by atoms with Gasteiger partial charge in [0, 0.05) is 17.9 Å². The van der Waals surface area contributed by atoms with Gasteiger partial charge in [-0.2, -0.15) is 0 Å². The molecule has 7 aliphatic carbocycles. The van der Waals surface area contributed by atoms with E-state index in [0.717, 1.165) is 48.1 Å². The lowest BCUT2D eigenvalue weighted by Crippen LogP contribution is -2.76. The fourth-order valence-electron chi connectivity index (χ4n) is 17.6. The van der Waals surface area contributed by atoms with Crippen molar-refractivity contribution >= 4 is 29.3 Å². The molecule has 336 valence electrons. The molecule has 2 aromatic carbocycles. The molecule has 10 nitrogen and oxygen atoms in total. The van der Waals surface area contributed by atoms with E-state index in [1.54, 1.807) is 7.05 Å². The van der Waals surface area contributed by atoms with Gasteiger partial charge in [-0.1, -0.05) is 58.0 Å². The van der Waals surface area contributed by atoms with Gasteiger partial charge in [-0.25, -0.2) is 4.90 Å². The van der Waals surface area contributed by atoms with Gasteiger partial charge in [-0.15, -0.1) is 0 Å². The molecular formula is C53H66N2O8. The first-order chi connectivity index (χ1) is 30.1. The number of anilines is 1. The van der Waals surface area contributed by atoms with E-state index >= 15 is 0 Å².